The predicted octanol–water partition coefficient (Wildman–Crippen LogP) is 4.18. The van der Waals surface area contributed by atoms with E-state index in [4.69, 9.17) is 16.7 Å². The number of rotatable bonds is 6. The minimum Gasteiger partial charge on any atom is -0.506 e. The average Bonchev–Trinajstić information content (AvgIpc) is 2.60. The molecule has 0 radical (unpaired) electrons. The standard InChI is InChI=1S/C20H20ClNO4/c1-3-4-15(20(25)26)12(2)22-18(24)10-6-13-5-8-16-14(11-13)7-9-17(23)19(16)21/h3-5,7-9,11,23H,6,10H2,1-2H3,(H,22,24)(H,25,26)/b4-3-,15-12-. The third-order valence-corrected chi connectivity index (χ3v) is 4.33. The van der Waals surface area contributed by atoms with Gasteiger partial charge in [0.2, 0.25) is 5.91 Å². The quantitative estimate of drug-likeness (QED) is 0.523. The maximum Gasteiger partial charge on any atom is 0.337 e. The highest BCUT2D eigenvalue weighted by atomic mass is 35.5. The van der Waals surface area contributed by atoms with Crippen LogP contribution in [0.2, 0.25) is 5.02 Å². The number of amides is 1. The topological polar surface area (TPSA) is 86.6 Å². The van der Waals surface area contributed by atoms with E-state index in [1.54, 1.807) is 26.0 Å². The van der Waals surface area contributed by atoms with Crippen LogP contribution in [0.4, 0.5) is 0 Å². The number of aliphatic carboxylic acids is 1. The molecule has 2 aromatic rings. The monoisotopic (exact) mass is 373 g/mol. The molecule has 0 aliphatic heterocycles. The SMILES string of the molecule is C/C=C\C(C(=O)O)=C(/C)NC(=O)CCc1ccc2c(Cl)c(O)ccc2c1. The Hall–Kier alpha value is -2.79. The second-order valence-electron chi connectivity index (χ2n) is 5.85. The van der Waals surface area contributed by atoms with E-state index in [1.807, 2.05) is 18.2 Å². The number of carbonyl (C=O) groups excluding carboxylic acids is 1. The molecule has 136 valence electrons. The summed E-state index contributed by atoms with van der Waals surface area (Å²) in [5, 5.41) is 23.3. The van der Waals surface area contributed by atoms with E-state index in [9.17, 15) is 14.7 Å². The number of halogens is 1. The van der Waals surface area contributed by atoms with Crippen LogP contribution < -0.4 is 5.32 Å². The summed E-state index contributed by atoms with van der Waals surface area (Å²) in [5.41, 5.74) is 1.31. The lowest BCUT2D eigenvalue weighted by Crippen LogP contribution is -2.24. The van der Waals surface area contributed by atoms with Gasteiger partial charge in [-0.2, -0.15) is 0 Å². The van der Waals surface area contributed by atoms with Gasteiger partial charge in [-0.1, -0.05) is 48.0 Å². The molecular formula is C20H20ClNO4. The summed E-state index contributed by atoms with van der Waals surface area (Å²) < 4.78 is 0. The fourth-order valence-electron chi connectivity index (χ4n) is 2.61. The Kier molecular flexibility index (Phi) is 6.41. The van der Waals surface area contributed by atoms with Gasteiger partial charge in [-0.25, -0.2) is 4.79 Å². The second-order valence-corrected chi connectivity index (χ2v) is 6.22. The molecule has 1 amide bonds. The highest BCUT2D eigenvalue weighted by molar-refractivity contribution is 6.37. The molecule has 5 nitrogen and oxygen atoms in total. The summed E-state index contributed by atoms with van der Waals surface area (Å²) in [7, 11) is 0. The fourth-order valence-corrected chi connectivity index (χ4v) is 2.84. The Balaban J connectivity index is 2.07. The Morgan fingerprint density at radius 1 is 1.23 bits per heavy atom. The lowest BCUT2D eigenvalue weighted by atomic mass is 10.0. The van der Waals surface area contributed by atoms with E-state index < -0.39 is 5.97 Å². The predicted molar refractivity (Wildman–Crippen MR) is 102 cm³/mol. The van der Waals surface area contributed by atoms with Crippen molar-refractivity contribution in [3.8, 4) is 5.75 Å². The van der Waals surface area contributed by atoms with Gasteiger partial charge in [-0.05, 0) is 37.3 Å². The fraction of sp³-hybridized carbons (Fsp3) is 0.200. The molecule has 6 heteroatoms. The van der Waals surface area contributed by atoms with Gasteiger partial charge >= 0.3 is 5.97 Å². The van der Waals surface area contributed by atoms with Gasteiger partial charge in [0, 0.05) is 17.5 Å². The number of phenols is 1. The maximum atomic E-state index is 12.1. The molecule has 3 N–H and O–H groups in total. The molecule has 0 aromatic heterocycles. The number of aryl methyl sites for hydroxylation is 1. The summed E-state index contributed by atoms with van der Waals surface area (Å²) in [6, 6.07) is 8.88. The van der Waals surface area contributed by atoms with Crippen molar-refractivity contribution >= 4 is 34.2 Å². The lowest BCUT2D eigenvalue weighted by Gasteiger charge is -2.09. The van der Waals surface area contributed by atoms with Crippen molar-refractivity contribution in [3.05, 3.63) is 64.3 Å². The molecule has 0 saturated carbocycles. The molecule has 26 heavy (non-hydrogen) atoms. The Morgan fingerprint density at radius 2 is 1.96 bits per heavy atom. The zero-order valence-corrected chi connectivity index (χ0v) is 15.3. The minimum atomic E-state index is -1.09. The molecule has 0 bridgehead atoms. The summed E-state index contributed by atoms with van der Waals surface area (Å²) in [6.45, 7) is 3.27. The van der Waals surface area contributed by atoms with E-state index in [2.05, 4.69) is 5.32 Å². The number of hydrogen-bond donors (Lipinski definition) is 3. The van der Waals surface area contributed by atoms with Crippen molar-refractivity contribution in [2.75, 3.05) is 0 Å². The van der Waals surface area contributed by atoms with Crippen LogP contribution >= 0.6 is 11.6 Å². The number of carboxylic acid groups (broad SMARTS) is 1. The molecule has 0 fully saturated rings. The molecule has 2 aromatic carbocycles. The number of benzene rings is 2. The maximum absolute atomic E-state index is 12.1. The first-order chi connectivity index (χ1) is 12.3. The van der Waals surface area contributed by atoms with Crippen LogP contribution in [0.25, 0.3) is 10.8 Å². The first-order valence-corrected chi connectivity index (χ1v) is 8.48. The van der Waals surface area contributed by atoms with Gasteiger partial charge in [0.05, 0.1) is 10.6 Å². The van der Waals surface area contributed by atoms with Crippen molar-refractivity contribution in [1.82, 2.24) is 5.32 Å². The van der Waals surface area contributed by atoms with Crippen molar-refractivity contribution in [3.63, 3.8) is 0 Å². The number of aromatic hydroxyl groups is 1. The van der Waals surface area contributed by atoms with E-state index in [0.29, 0.717) is 17.1 Å². The van der Waals surface area contributed by atoms with E-state index in [0.717, 1.165) is 16.3 Å². The van der Waals surface area contributed by atoms with Gasteiger partial charge in [0.15, 0.2) is 0 Å². The molecule has 0 atom stereocenters. The van der Waals surface area contributed by atoms with Crippen LogP contribution in [0.3, 0.4) is 0 Å². The summed E-state index contributed by atoms with van der Waals surface area (Å²) in [5.74, 6) is -1.31. The summed E-state index contributed by atoms with van der Waals surface area (Å²) in [4.78, 5) is 23.3. The number of hydrogen-bond acceptors (Lipinski definition) is 3. The van der Waals surface area contributed by atoms with Gasteiger partial charge in [0.1, 0.15) is 5.75 Å². The zero-order valence-electron chi connectivity index (χ0n) is 14.5. The van der Waals surface area contributed by atoms with Gasteiger partial charge in [-0.3, -0.25) is 4.79 Å². The van der Waals surface area contributed by atoms with Crippen LogP contribution in [0.15, 0.2) is 53.8 Å². The number of nitrogens with one attached hydrogen (secondary N) is 1. The van der Waals surface area contributed by atoms with Crippen molar-refractivity contribution in [2.45, 2.75) is 26.7 Å². The van der Waals surface area contributed by atoms with Crippen molar-refractivity contribution < 1.29 is 19.8 Å². The number of fused-ring (bicyclic) bond motifs is 1. The molecule has 0 aliphatic carbocycles. The molecule has 0 heterocycles. The zero-order chi connectivity index (χ0) is 19.3. The third kappa shape index (κ3) is 4.64. The molecule has 0 aliphatic rings. The Morgan fingerprint density at radius 3 is 2.62 bits per heavy atom. The first kappa shape index (κ1) is 19.5. The molecule has 0 saturated heterocycles. The first-order valence-electron chi connectivity index (χ1n) is 8.10. The number of carbonyl (C=O) groups is 2. The van der Waals surface area contributed by atoms with Crippen LogP contribution in [0.5, 0.6) is 5.75 Å². The summed E-state index contributed by atoms with van der Waals surface area (Å²) in [6.07, 6.45) is 3.77. The van der Waals surface area contributed by atoms with Gasteiger partial charge in [-0.15, -0.1) is 0 Å². The van der Waals surface area contributed by atoms with Crippen LogP contribution in [-0.2, 0) is 16.0 Å². The molecular weight excluding hydrogens is 354 g/mol. The van der Waals surface area contributed by atoms with Crippen LogP contribution in [0.1, 0.15) is 25.8 Å². The van der Waals surface area contributed by atoms with Gasteiger partial charge < -0.3 is 15.5 Å². The smallest absolute Gasteiger partial charge is 0.337 e. The van der Waals surface area contributed by atoms with Gasteiger partial charge in [0.25, 0.3) is 0 Å². The second kappa shape index (κ2) is 8.54. The van der Waals surface area contributed by atoms with Crippen LogP contribution in [-0.4, -0.2) is 22.1 Å². The largest absolute Gasteiger partial charge is 0.506 e. The highest BCUT2D eigenvalue weighted by Crippen LogP contribution is 2.32. The van der Waals surface area contributed by atoms with E-state index >= 15 is 0 Å². The average molecular weight is 374 g/mol. The third-order valence-electron chi connectivity index (χ3n) is 3.93. The van der Waals surface area contributed by atoms with Crippen LogP contribution in [0, 0.1) is 0 Å². The molecule has 2 rings (SSSR count). The highest BCUT2D eigenvalue weighted by Gasteiger charge is 2.11. The minimum absolute atomic E-state index is 0.0314. The normalized spacial score (nSPS) is 12.3. The Bertz CT molecular complexity index is 915. The molecule has 0 spiro atoms. The Labute approximate surface area is 156 Å². The number of phenolic OH excluding ortho intramolecular Hbond substituents is 1. The van der Waals surface area contributed by atoms with E-state index in [-0.39, 0.29) is 23.7 Å². The summed E-state index contributed by atoms with van der Waals surface area (Å²) >= 11 is 6.07. The van der Waals surface area contributed by atoms with Crippen molar-refractivity contribution in [2.24, 2.45) is 0 Å². The number of carboxylic acids is 1. The van der Waals surface area contributed by atoms with Crippen molar-refractivity contribution in [1.29, 1.82) is 0 Å². The molecule has 0 unspecified atom stereocenters. The lowest BCUT2D eigenvalue weighted by molar-refractivity contribution is -0.132. The van der Waals surface area contributed by atoms with E-state index in [1.165, 1.54) is 12.1 Å². The number of allylic oxidation sites excluding steroid dienone is 2.